The molecule has 2 atom stereocenters. The summed E-state index contributed by atoms with van der Waals surface area (Å²) >= 11 is 0. The Morgan fingerprint density at radius 3 is 2.45 bits per heavy atom. The van der Waals surface area contributed by atoms with Crippen LogP contribution in [-0.2, 0) is 9.53 Å². The molecule has 2 aliphatic rings. The Hall–Kier alpha value is -5.58. The fourth-order valence-corrected chi connectivity index (χ4v) is 5.49. The molecule has 0 fully saturated rings. The summed E-state index contributed by atoms with van der Waals surface area (Å²) in [6.45, 7) is 8.62. The van der Waals surface area contributed by atoms with Gasteiger partial charge in [-0.05, 0) is 57.5 Å². The van der Waals surface area contributed by atoms with Crippen LogP contribution in [0.5, 0.6) is 11.5 Å². The molecule has 3 aromatic carbocycles. The van der Waals surface area contributed by atoms with E-state index in [0.29, 0.717) is 39.3 Å². The fourth-order valence-electron chi connectivity index (χ4n) is 5.49. The summed E-state index contributed by atoms with van der Waals surface area (Å²) < 4.78 is 31.9. The molecule has 2 unspecified atom stereocenters. The zero-order valence-electron chi connectivity index (χ0n) is 26.9. The lowest BCUT2D eigenvalue weighted by atomic mass is 9.82. The molecule has 1 N–H and O–H groups in total. The van der Waals surface area contributed by atoms with Crippen molar-refractivity contribution >= 4 is 35.0 Å². The van der Waals surface area contributed by atoms with E-state index in [2.05, 4.69) is 10.4 Å². The van der Waals surface area contributed by atoms with Gasteiger partial charge in [-0.1, -0.05) is 48.5 Å². The van der Waals surface area contributed by atoms with Crippen LogP contribution in [0, 0.1) is 11.7 Å². The number of anilines is 1. The van der Waals surface area contributed by atoms with E-state index >= 15 is 4.39 Å². The summed E-state index contributed by atoms with van der Waals surface area (Å²) in [6.07, 6.45) is 6.80. The Morgan fingerprint density at radius 2 is 1.77 bits per heavy atom. The van der Waals surface area contributed by atoms with Crippen molar-refractivity contribution < 1.29 is 28.2 Å². The SMILES string of the molecule is COc1cc2nc(-c3ccc(-c4ccccc4)c(F)c3)nc(NC3=CC4C=NN(C(=O)OC(C)(C)C)C4(C)C=C3)c2cc1OC(C)=O. The molecule has 0 spiro atoms. The number of hydrazone groups is 1. The minimum atomic E-state index is -0.777. The van der Waals surface area contributed by atoms with Crippen molar-refractivity contribution in [2.45, 2.75) is 45.8 Å². The van der Waals surface area contributed by atoms with Crippen molar-refractivity contribution in [2.24, 2.45) is 11.0 Å². The number of methoxy groups -OCH3 is 1. The fraction of sp³-hybridized carbons (Fsp3) is 0.250. The van der Waals surface area contributed by atoms with Crippen LogP contribution in [-0.4, -0.2) is 51.5 Å². The molecule has 240 valence electrons. The average Bonchev–Trinajstić information content (AvgIpc) is 3.36. The van der Waals surface area contributed by atoms with Gasteiger partial charge < -0.3 is 19.5 Å². The second-order valence-corrected chi connectivity index (χ2v) is 12.5. The third kappa shape index (κ3) is 6.29. The lowest BCUT2D eigenvalue weighted by Gasteiger charge is -2.36. The molecule has 0 saturated carbocycles. The average molecular weight is 636 g/mol. The summed E-state index contributed by atoms with van der Waals surface area (Å²) in [7, 11) is 1.46. The maximum absolute atomic E-state index is 15.4. The molecule has 0 bridgehead atoms. The molecule has 1 aromatic heterocycles. The first kappa shape index (κ1) is 31.4. The topological polar surface area (TPSA) is 115 Å². The van der Waals surface area contributed by atoms with Gasteiger partial charge in [0.05, 0.1) is 18.2 Å². The first-order valence-corrected chi connectivity index (χ1v) is 15.0. The maximum Gasteiger partial charge on any atom is 0.431 e. The normalized spacial score (nSPS) is 18.5. The van der Waals surface area contributed by atoms with Gasteiger partial charge in [-0.3, -0.25) is 4.79 Å². The van der Waals surface area contributed by atoms with Gasteiger partial charge in [0.1, 0.15) is 17.2 Å². The summed E-state index contributed by atoms with van der Waals surface area (Å²) in [6, 6.07) is 17.4. The maximum atomic E-state index is 15.4. The van der Waals surface area contributed by atoms with Crippen molar-refractivity contribution in [3.05, 3.63) is 90.4 Å². The molecule has 11 heteroatoms. The highest BCUT2D eigenvalue weighted by molar-refractivity contribution is 5.94. The Kier molecular flexibility index (Phi) is 8.00. The lowest BCUT2D eigenvalue weighted by molar-refractivity contribution is -0.132. The van der Waals surface area contributed by atoms with E-state index in [-0.39, 0.29) is 17.5 Å². The van der Waals surface area contributed by atoms with E-state index in [4.69, 9.17) is 24.2 Å². The van der Waals surface area contributed by atoms with Crippen molar-refractivity contribution in [2.75, 3.05) is 12.4 Å². The molecule has 2 heterocycles. The van der Waals surface area contributed by atoms with Gasteiger partial charge in [-0.25, -0.2) is 19.2 Å². The van der Waals surface area contributed by atoms with Crippen LogP contribution in [0.25, 0.3) is 33.4 Å². The van der Waals surface area contributed by atoms with Crippen LogP contribution in [0.3, 0.4) is 0 Å². The van der Waals surface area contributed by atoms with E-state index < -0.39 is 29.0 Å². The number of nitrogens with one attached hydrogen (secondary N) is 1. The first-order valence-electron chi connectivity index (χ1n) is 15.0. The number of benzene rings is 3. The van der Waals surface area contributed by atoms with Gasteiger partial charge in [-0.2, -0.15) is 10.1 Å². The van der Waals surface area contributed by atoms with E-state index in [1.165, 1.54) is 25.1 Å². The standard InChI is InChI=1S/C36H34FN5O5/c1-21(43)46-31-18-27-29(19-30(31)45-6)40-32(23-12-13-26(28(37)16-23)22-10-8-7-9-11-22)41-33(27)39-25-14-15-36(5)24(17-25)20-38-42(36)34(44)47-35(2,3)4/h7-20,24H,1-6H3,(H,39,40,41). The predicted octanol–water partition coefficient (Wildman–Crippen LogP) is 7.51. The Labute approximate surface area is 271 Å². The molecule has 1 aliphatic carbocycles. The van der Waals surface area contributed by atoms with E-state index in [1.807, 2.05) is 55.5 Å². The van der Waals surface area contributed by atoms with Gasteiger partial charge in [-0.15, -0.1) is 0 Å². The van der Waals surface area contributed by atoms with E-state index in [9.17, 15) is 9.59 Å². The van der Waals surface area contributed by atoms with Crippen molar-refractivity contribution in [3.63, 3.8) is 0 Å². The number of rotatable bonds is 6. The number of ether oxygens (including phenoxy) is 3. The number of carbonyl (C=O) groups excluding carboxylic acids is 2. The van der Waals surface area contributed by atoms with Crippen LogP contribution in [0.4, 0.5) is 15.0 Å². The van der Waals surface area contributed by atoms with Crippen LogP contribution in [0.1, 0.15) is 34.6 Å². The molecule has 4 aromatic rings. The smallest absolute Gasteiger partial charge is 0.431 e. The lowest BCUT2D eigenvalue weighted by Crippen LogP contribution is -2.48. The van der Waals surface area contributed by atoms with Crippen LogP contribution >= 0.6 is 0 Å². The second-order valence-electron chi connectivity index (χ2n) is 12.5. The van der Waals surface area contributed by atoms with Crippen molar-refractivity contribution in [1.29, 1.82) is 0 Å². The molecule has 10 nitrogen and oxygen atoms in total. The van der Waals surface area contributed by atoms with Gasteiger partial charge in [0.15, 0.2) is 17.3 Å². The minimum absolute atomic E-state index is 0.196. The highest BCUT2D eigenvalue weighted by Gasteiger charge is 2.46. The minimum Gasteiger partial charge on any atom is -0.493 e. The number of hydrogen-bond acceptors (Lipinski definition) is 9. The number of amides is 1. The number of esters is 1. The first-order chi connectivity index (χ1) is 22.3. The number of nitrogens with zero attached hydrogens (tertiary/aromatic N) is 4. The quantitative estimate of drug-likeness (QED) is 0.171. The molecule has 47 heavy (non-hydrogen) atoms. The largest absolute Gasteiger partial charge is 0.493 e. The molecule has 1 aliphatic heterocycles. The number of fused-ring (bicyclic) bond motifs is 2. The van der Waals surface area contributed by atoms with Gasteiger partial charge in [0, 0.05) is 47.3 Å². The molecule has 0 radical (unpaired) electrons. The monoisotopic (exact) mass is 635 g/mol. The van der Waals surface area contributed by atoms with Crippen LogP contribution in [0.2, 0.25) is 0 Å². The molecule has 6 rings (SSSR count). The summed E-state index contributed by atoms with van der Waals surface area (Å²) in [5.41, 5.74) is 1.37. The number of halogens is 1. The highest BCUT2D eigenvalue weighted by atomic mass is 19.1. The Morgan fingerprint density at radius 1 is 1.00 bits per heavy atom. The van der Waals surface area contributed by atoms with Crippen LogP contribution in [0.15, 0.2) is 89.7 Å². The Balaban J connectivity index is 1.40. The predicted molar refractivity (Wildman–Crippen MR) is 178 cm³/mol. The zero-order chi connectivity index (χ0) is 33.5. The second kappa shape index (κ2) is 12.0. The van der Waals surface area contributed by atoms with Crippen molar-refractivity contribution in [1.82, 2.24) is 15.0 Å². The molecular weight excluding hydrogens is 601 g/mol. The third-order valence-electron chi connectivity index (χ3n) is 7.81. The van der Waals surface area contributed by atoms with E-state index in [0.717, 1.165) is 5.56 Å². The van der Waals surface area contributed by atoms with Gasteiger partial charge in [0.25, 0.3) is 0 Å². The van der Waals surface area contributed by atoms with Gasteiger partial charge >= 0.3 is 12.1 Å². The van der Waals surface area contributed by atoms with E-state index in [1.54, 1.807) is 51.3 Å². The summed E-state index contributed by atoms with van der Waals surface area (Å²) in [4.78, 5) is 34.4. The van der Waals surface area contributed by atoms with Crippen molar-refractivity contribution in [3.8, 4) is 34.0 Å². The molecule has 1 amide bonds. The molecule has 0 saturated heterocycles. The third-order valence-corrected chi connectivity index (χ3v) is 7.81. The number of hydrogen-bond donors (Lipinski definition) is 1. The van der Waals surface area contributed by atoms with Crippen LogP contribution < -0.4 is 14.8 Å². The number of allylic oxidation sites excluding steroid dienone is 1. The number of aromatic nitrogens is 2. The number of carbonyl (C=O) groups is 2. The summed E-state index contributed by atoms with van der Waals surface area (Å²) in [5, 5.41) is 9.61. The summed E-state index contributed by atoms with van der Waals surface area (Å²) in [5.74, 6) is -0.0615. The highest BCUT2D eigenvalue weighted by Crippen LogP contribution is 2.40. The molecular formula is C36H34FN5O5. The zero-order valence-corrected chi connectivity index (χ0v) is 26.9. The van der Waals surface area contributed by atoms with Gasteiger partial charge in [0.2, 0.25) is 0 Å². The Bertz CT molecular complexity index is 1990.